The topological polar surface area (TPSA) is 26.3 Å². The molecular formula is C20H26O2. The van der Waals surface area contributed by atoms with Crippen molar-refractivity contribution in [2.45, 2.75) is 58.7 Å². The van der Waals surface area contributed by atoms with E-state index >= 15 is 0 Å². The zero-order chi connectivity index (χ0) is 15.4. The standard InChI is InChI=1S/C20H26O2/c1-19(2)17-16(21)9-11-20(17)10-8-15(12-20)18(19)22-13-14-6-4-3-5-7-14/h3-7,15,17-18H,8-13H2,1-2H3/t15-,17-,18-,20-/m0/s1. The van der Waals surface area contributed by atoms with Crippen LogP contribution in [0.1, 0.15) is 51.5 Å². The van der Waals surface area contributed by atoms with Crippen molar-refractivity contribution in [3.05, 3.63) is 35.9 Å². The van der Waals surface area contributed by atoms with E-state index in [0.29, 0.717) is 23.7 Å². The molecule has 3 fully saturated rings. The number of ether oxygens (including phenoxy) is 1. The summed E-state index contributed by atoms with van der Waals surface area (Å²) < 4.78 is 6.42. The Morgan fingerprint density at radius 2 is 1.95 bits per heavy atom. The Kier molecular flexibility index (Phi) is 3.23. The van der Waals surface area contributed by atoms with E-state index in [4.69, 9.17) is 4.74 Å². The summed E-state index contributed by atoms with van der Waals surface area (Å²) in [5.74, 6) is 1.36. The third-order valence-electron chi connectivity index (χ3n) is 6.66. The van der Waals surface area contributed by atoms with Crippen LogP contribution in [0.3, 0.4) is 0 Å². The van der Waals surface area contributed by atoms with Gasteiger partial charge in [-0.05, 0) is 42.6 Å². The van der Waals surface area contributed by atoms with E-state index in [2.05, 4.69) is 38.1 Å². The Bertz CT molecular complexity index is 577. The van der Waals surface area contributed by atoms with Gasteiger partial charge in [-0.2, -0.15) is 0 Å². The molecule has 0 heterocycles. The zero-order valence-electron chi connectivity index (χ0n) is 13.7. The molecule has 0 saturated heterocycles. The van der Waals surface area contributed by atoms with Crippen molar-refractivity contribution in [2.75, 3.05) is 0 Å². The molecule has 3 saturated carbocycles. The zero-order valence-corrected chi connectivity index (χ0v) is 13.7. The summed E-state index contributed by atoms with van der Waals surface area (Å²) in [7, 11) is 0. The average Bonchev–Trinajstić information content (AvgIpc) is 3.03. The van der Waals surface area contributed by atoms with E-state index in [9.17, 15) is 4.79 Å². The van der Waals surface area contributed by atoms with Crippen LogP contribution >= 0.6 is 0 Å². The van der Waals surface area contributed by atoms with Gasteiger partial charge >= 0.3 is 0 Å². The van der Waals surface area contributed by atoms with Gasteiger partial charge in [0.05, 0.1) is 12.7 Å². The van der Waals surface area contributed by atoms with Crippen molar-refractivity contribution in [1.29, 1.82) is 0 Å². The van der Waals surface area contributed by atoms with E-state index in [-0.39, 0.29) is 17.4 Å². The molecule has 3 aliphatic carbocycles. The number of ketones is 1. The second-order valence-electron chi connectivity index (χ2n) is 8.30. The molecule has 2 nitrogen and oxygen atoms in total. The van der Waals surface area contributed by atoms with Crippen molar-refractivity contribution in [1.82, 2.24) is 0 Å². The van der Waals surface area contributed by atoms with E-state index in [0.717, 1.165) is 12.8 Å². The molecule has 3 aliphatic rings. The Morgan fingerprint density at radius 1 is 1.18 bits per heavy atom. The van der Waals surface area contributed by atoms with Gasteiger partial charge in [0.1, 0.15) is 5.78 Å². The fraction of sp³-hybridized carbons (Fsp3) is 0.650. The molecule has 2 bridgehead atoms. The Balaban J connectivity index is 1.59. The summed E-state index contributed by atoms with van der Waals surface area (Å²) in [5.41, 5.74) is 1.52. The lowest BCUT2D eigenvalue weighted by molar-refractivity contribution is -0.152. The Hall–Kier alpha value is -1.15. The third kappa shape index (κ3) is 2.00. The van der Waals surface area contributed by atoms with Crippen LogP contribution in [0.25, 0.3) is 0 Å². The van der Waals surface area contributed by atoms with E-state index in [1.165, 1.54) is 24.8 Å². The van der Waals surface area contributed by atoms with Crippen LogP contribution < -0.4 is 0 Å². The van der Waals surface area contributed by atoms with Gasteiger partial charge in [-0.25, -0.2) is 0 Å². The van der Waals surface area contributed by atoms with Crippen LogP contribution in [0, 0.1) is 22.7 Å². The molecule has 0 radical (unpaired) electrons. The first-order chi connectivity index (χ1) is 10.5. The fourth-order valence-electron chi connectivity index (χ4n) is 6.04. The van der Waals surface area contributed by atoms with Gasteiger partial charge in [0.2, 0.25) is 0 Å². The number of Topliss-reactive ketones (excluding diaryl/α,β-unsaturated/α-hetero) is 1. The van der Waals surface area contributed by atoms with Crippen LogP contribution in [0.15, 0.2) is 30.3 Å². The summed E-state index contributed by atoms with van der Waals surface area (Å²) in [4.78, 5) is 12.6. The highest BCUT2D eigenvalue weighted by Gasteiger charge is 2.65. The van der Waals surface area contributed by atoms with Gasteiger partial charge in [0, 0.05) is 17.8 Å². The smallest absolute Gasteiger partial charge is 0.137 e. The molecular weight excluding hydrogens is 272 g/mol. The minimum Gasteiger partial charge on any atom is -0.373 e. The molecule has 0 amide bonds. The molecule has 22 heavy (non-hydrogen) atoms. The lowest BCUT2D eigenvalue weighted by Crippen LogP contribution is -2.52. The van der Waals surface area contributed by atoms with Gasteiger partial charge in [-0.15, -0.1) is 0 Å². The Morgan fingerprint density at radius 3 is 2.73 bits per heavy atom. The van der Waals surface area contributed by atoms with Gasteiger partial charge in [0.15, 0.2) is 0 Å². The number of carbonyl (C=O) groups excluding carboxylic acids is 1. The van der Waals surface area contributed by atoms with E-state index in [1.54, 1.807) is 0 Å². The predicted octanol–water partition coefficient (Wildman–Crippen LogP) is 4.38. The Labute approximate surface area is 133 Å². The second kappa shape index (κ2) is 4.92. The average molecular weight is 298 g/mol. The van der Waals surface area contributed by atoms with Crippen molar-refractivity contribution in [2.24, 2.45) is 22.7 Å². The molecule has 118 valence electrons. The van der Waals surface area contributed by atoms with Crippen LogP contribution in [-0.2, 0) is 16.1 Å². The van der Waals surface area contributed by atoms with Crippen LogP contribution in [0.2, 0.25) is 0 Å². The molecule has 0 aromatic heterocycles. The van der Waals surface area contributed by atoms with E-state index < -0.39 is 0 Å². The minimum absolute atomic E-state index is 0.0260. The highest BCUT2D eigenvalue weighted by atomic mass is 16.5. The maximum Gasteiger partial charge on any atom is 0.137 e. The molecule has 0 unspecified atom stereocenters. The van der Waals surface area contributed by atoms with E-state index in [1.807, 2.05) is 6.07 Å². The van der Waals surface area contributed by atoms with Gasteiger partial charge in [-0.3, -0.25) is 4.79 Å². The second-order valence-corrected chi connectivity index (χ2v) is 8.30. The summed E-state index contributed by atoms with van der Waals surface area (Å²) in [6.07, 6.45) is 5.84. The van der Waals surface area contributed by atoms with Crippen molar-refractivity contribution >= 4 is 5.78 Å². The minimum atomic E-state index is -0.0260. The van der Waals surface area contributed by atoms with Crippen molar-refractivity contribution < 1.29 is 9.53 Å². The number of benzene rings is 1. The highest BCUT2D eigenvalue weighted by Crippen LogP contribution is 2.66. The number of hydrogen-bond acceptors (Lipinski definition) is 2. The monoisotopic (exact) mass is 298 g/mol. The highest BCUT2D eigenvalue weighted by molar-refractivity contribution is 5.85. The number of fused-ring (bicyclic) bond motifs is 1. The molecule has 4 rings (SSSR count). The number of carbonyl (C=O) groups is 1. The maximum absolute atomic E-state index is 12.6. The summed E-state index contributed by atoms with van der Waals surface area (Å²) in [6.45, 7) is 5.23. The first-order valence-electron chi connectivity index (χ1n) is 8.71. The fourth-order valence-corrected chi connectivity index (χ4v) is 6.04. The largest absolute Gasteiger partial charge is 0.373 e. The summed E-state index contributed by atoms with van der Waals surface area (Å²) >= 11 is 0. The molecule has 2 heteroatoms. The third-order valence-corrected chi connectivity index (χ3v) is 6.66. The lowest BCUT2D eigenvalue weighted by Gasteiger charge is -2.51. The van der Waals surface area contributed by atoms with Crippen LogP contribution in [0.5, 0.6) is 0 Å². The quantitative estimate of drug-likeness (QED) is 0.828. The molecule has 4 atom stereocenters. The predicted molar refractivity (Wildman–Crippen MR) is 86.3 cm³/mol. The SMILES string of the molecule is CC1(C)[C@@H](OCc2ccccc2)[C@H]2CC[C@]3(CCC(=O)[C@@H]13)C2. The maximum atomic E-state index is 12.6. The first kappa shape index (κ1) is 14.4. The van der Waals surface area contributed by atoms with Crippen molar-refractivity contribution in [3.63, 3.8) is 0 Å². The number of hydrogen-bond donors (Lipinski definition) is 0. The normalized spacial score (nSPS) is 39.0. The molecule has 1 aromatic carbocycles. The molecule has 0 N–H and O–H groups in total. The summed E-state index contributed by atoms with van der Waals surface area (Å²) in [6, 6.07) is 10.4. The van der Waals surface area contributed by atoms with Crippen LogP contribution in [0.4, 0.5) is 0 Å². The van der Waals surface area contributed by atoms with Crippen molar-refractivity contribution in [3.8, 4) is 0 Å². The summed E-state index contributed by atoms with van der Waals surface area (Å²) in [5, 5.41) is 0. The first-order valence-corrected chi connectivity index (χ1v) is 8.71. The van der Waals surface area contributed by atoms with Gasteiger partial charge in [0.25, 0.3) is 0 Å². The molecule has 1 spiro atoms. The molecule has 0 aliphatic heterocycles. The van der Waals surface area contributed by atoms with Gasteiger partial charge in [-0.1, -0.05) is 44.2 Å². The number of rotatable bonds is 3. The lowest BCUT2D eigenvalue weighted by atomic mass is 9.56. The van der Waals surface area contributed by atoms with Gasteiger partial charge < -0.3 is 4.74 Å². The van der Waals surface area contributed by atoms with Crippen LogP contribution in [-0.4, -0.2) is 11.9 Å². The molecule has 1 aromatic rings.